The minimum Gasteiger partial charge on any atom is -0.397 e. The van der Waals surface area contributed by atoms with Gasteiger partial charge in [-0.05, 0) is 29.3 Å². The second kappa shape index (κ2) is 6.14. The van der Waals surface area contributed by atoms with Crippen LogP contribution in [0.15, 0.2) is 78.9 Å². The summed E-state index contributed by atoms with van der Waals surface area (Å²) in [5, 5.41) is 2.87. The summed E-state index contributed by atoms with van der Waals surface area (Å²) < 4.78 is 0. The minimum atomic E-state index is -0.169. The first-order valence-electron chi connectivity index (χ1n) is 7.06. The lowest BCUT2D eigenvalue weighted by molar-refractivity contribution is 0.102. The highest BCUT2D eigenvalue weighted by Crippen LogP contribution is 2.25. The van der Waals surface area contributed by atoms with E-state index in [9.17, 15) is 4.79 Å². The maximum atomic E-state index is 12.6. The van der Waals surface area contributed by atoms with Crippen LogP contribution in [0.3, 0.4) is 0 Å². The fourth-order valence-corrected chi connectivity index (χ4v) is 2.35. The Hall–Kier alpha value is -3.07. The van der Waals surface area contributed by atoms with Gasteiger partial charge in [-0.15, -0.1) is 0 Å². The van der Waals surface area contributed by atoms with Gasteiger partial charge in [0, 0.05) is 5.56 Å². The van der Waals surface area contributed by atoms with Crippen LogP contribution < -0.4 is 11.1 Å². The fraction of sp³-hybridized carbons (Fsp3) is 0. The molecule has 0 saturated heterocycles. The zero-order valence-electron chi connectivity index (χ0n) is 12.0. The van der Waals surface area contributed by atoms with Crippen LogP contribution in [-0.4, -0.2) is 5.91 Å². The summed E-state index contributed by atoms with van der Waals surface area (Å²) in [6.45, 7) is 0. The van der Waals surface area contributed by atoms with Gasteiger partial charge in [0.25, 0.3) is 5.91 Å². The summed E-state index contributed by atoms with van der Waals surface area (Å²) in [6, 6.07) is 24.6. The Kier molecular flexibility index (Phi) is 3.88. The van der Waals surface area contributed by atoms with E-state index >= 15 is 0 Å². The Balaban J connectivity index is 1.96. The van der Waals surface area contributed by atoms with Crippen molar-refractivity contribution in [1.29, 1.82) is 0 Å². The predicted octanol–water partition coefficient (Wildman–Crippen LogP) is 4.19. The molecular formula is C19H16N2O. The SMILES string of the molecule is Nc1ccccc1NC(=O)c1ccccc1-c1ccccc1. The van der Waals surface area contributed by atoms with Crippen LogP contribution >= 0.6 is 0 Å². The molecule has 3 aromatic rings. The standard InChI is InChI=1S/C19H16N2O/c20-17-12-6-7-13-18(17)21-19(22)16-11-5-4-10-15(16)14-8-2-1-3-9-14/h1-13H,20H2,(H,21,22). The number of carbonyl (C=O) groups excluding carboxylic acids is 1. The number of hydrogen-bond acceptors (Lipinski definition) is 2. The summed E-state index contributed by atoms with van der Waals surface area (Å²) in [4.78, 5) is 12.6. The van der Waals surface area contributed by atoms with Gasteiger partial charge in [0.15, 0.2) is 0 Å². The largest absolute Gasteiger partial charge is 0.397 e. The quantitative estimate of drug-likeness (QED) is 0.710. The third kappa shape index (κ3) is 2.83. The second-order valence-electron chi connectivity index (χ2n) is 4.95. The highest BCUT2D eigenvalue weighted by molar-refractivity contribution is 6.09. The molecule has 0 bridgehead atoms. The van der Waals surface area contributed by atoms with E-state index in [1.54, 1.807) is 12.1 Å². The third-order valence-electron chi connectivity index (χ3n) is 3.47. The van der Waals surface area contributed by atoms with Crippen molar-refractivity contribution >= 4 is 17.3 Å². The molecule has 0 aliphatic rings. The molecule has 3 heteroatoms. The van der Waals surface area contributed by atoms with Gasteiger partial charge >= 0.3 is 0 Å². The zero-order chi connectivity index (χ0) is 15.4. The van der Waals surface area contributed by atoms with Crippen LogP contribution in [0, 0.1) is 0 Å². The summed E-state index contributed by atoms with van der Waals surface area (Å²) >= 11 is 0. The normalized spacial score (nSPS) is 10.2. The predicted molar refractivity (Wildman–Crippen MR) is 90.7 cm³/mol. The summed E-state index contributed by atoms with van der Waals surface area (Å²) in [5.74, 6) is -0.169. The van der Waals surface area contributed by atoms with E-state index in [0.717, 1.165) is 11.1 Å². The Morgan fingerprint density at radius 3 is 2.18 bits per heavy atom. The minimum absolute atomic E-state index is 0.169. The van der Waals surface area contributed by atoms with Gasteiger partial charge in [-0.2, -0.15) is 0 Å². The fourth-order valence-electron chi connectivity index (χ4n) is 2.35. The summed E-state index contributed by atoms with van der Waals surface area (Å²) in [6.07, 6.45) is 0. The Bertz CT molecular complexity index is 797. The molecule has 0 fully saturated rings. The van der Waals surface area contributed by atoms with Crippen LogP contribution in [0.1, 0.15) is 10.4 Å². The van der Waals surface area contributed by atoms with Gasteiger partial charge in [-0.25, -0.2) is 0 Å². The van der Waals surface area contributed by atoms with Crippen molar-refractivity contribution < 1.29 is 4.79 Å². The number of rotatable bonds is 3. The first kappa shape index (κ1) is 13.9. The monoisotopic (exact) mass is 288 g/mol. The van der Waals surface area contributed by atoms with Crippen molar-refractivity contribution in [3.05, 3.63) is 84.4 Å². The average molecular weight is 288 g/mol. The molecule has 0 aliphatic carbocycles. The topological polar surface area (TPSA) is 55.1 Å². The van der Waals surface area contributed by atoms with Crippen LogP contribution in [0.2, 0.25) is 0 Å². The second-order valence-corrected chi connectivity index (χ2v) is 4.95. The lowest BCUT2D eigenvalue weighted by atomic mass is 9.99. The molecule has 0 aliphatic heterocycles. The Labute approximate surface area is 129 Å². The molecule has 0 saturated carbocycles. The van der Waals surface area contributed by atoms with E-state index in [-0.39, 0.29) is 5.91 Å². The van der Waals surface area contributed by atoms with E-state index in [1.807, 2.05) is 66.7 Å². The van der Waals surface area contributed by atoms with Crippen molar-refractivity contribution in [2.24, 2.45) is 0 Å². The molecule has 3 nitrogen and oxygen atoms in total. The van der Waals surface area contributed by atoms with Crippen molar-refractivity contribution in [2.45, 2.75) is 0 Å². The lowest BCUT2D eigenvalue weighted by Gasteiger charge is -2.11. The molecule has 22 heavy (non-hydrogen) atoms. The number of amides is 1. The van der Waals surface area contributed by atoms with Gasteiger partial charge in [0.05, 0.1) is 11.4 Å². The van der Waals surface area contributed by atoms with Crippen LogP contribution in [0.4, 0.5) is 11.4 Å². The zero-order valence-corrected chi connectivity index (χ0v) is 12.0. The van der Waals surface area contributed by atoms with Gasteiger partial charge in [0.1, 0.15) is 0 Å². The van der Waals surface area contributed by atoms with E-state index < -0.39 is 0 Å². The van der Waals surface area contributed by atoms with Crippen molar-refractivity contribution in [3.8, 4) is 11.1 Å². The molecule has 0 aromatic heterocycles. The van der Waals surface area contributed by atoms with Crippen molar-refractivity contribution in [1.82, 2.24) is 0 Å². The number of hydrogen-bond donors (Lipinski definition) is 2. The van der Waals surface area contributed by atoms with Crippen molar-refractivity contribution in [2.75, 3.05) is 11.1 Å². The Morgan fingerprint density at radius 1 is 0.773 bits per heavy atom. The van der Waals surface area contributed by atoms with Gasteiger partial charge in [0.2, 0.25) is 0 Å². The smallest absolute Gasteiger partial charge is 0.256 e. The van der Waals surface area contributed by atoms with Crippen molar-refractivity contribution in [3.63, 3.8) is 0 Å². The maximum Gasteiger partial charge on any atom is 0.256 e. The van der Waals surface area contributed by atoms with E-state index in [0.29, 0.717) is 16.9 Å². The number of benzene rings is 3. The molecule has 0 spiro atoms. The molecule has 1 amide bonds. The number of carbonyl (C=O) groups is 1. The first-order chi connectivity index (χ1) is 10.8. The molecule has 0 radical (unpaired) electrons. The van der Waals surface area contributed by atoms with Gasteiger partial charge < -0.3 is 11.1 Å². The highest BCUT2D eigenvalue weighted by Gasteiger charge is 2.13. The average Bonchev–Trinajstić information content (AvgIpc) is 2.58. The summed E-state index contributed by atoms with van der Waals surface area (Å²) in [7, 11) is 0. The van der Waals surface area contributed by atoms with E-state index in [4.69, 9.17) is 5.73 Å². The molecule has 0 unspecified atom stereocenters. The molecule has 0 atom stereocenters. The third-order valence-corrected chi connectivity index (χ3v) is 3.47. The molecular weight excluding hydrogens is 272 g/mol. The maximum absolute atomic E-state index is 12.6. The Morgan fingerprint density at radius 2 is 1.41 bits per heavy atom. The number of anilines is 2. The molecule has 3 aromatic carbocycles. The highest BCUT2D eigenvalue weighted by atomic mass is 16.1. The number of para-hydroxylation sites is 2. The lowest BCUT2D eigenvalue weighted by Crippen LogP contribution is -2.14. The van der Waals surface area contributed by atoms with Gasteiger partial charge in [-0.3, -0.25) is 4.79 Å². The number of nitrogens with one attached hydrogen (secondary N) is 1. The molecule has 108 valence electrons. The molecule has 0 heterocycles. The number of nitrogens with two attached hydrogens (primary N) is 1. The molecule has 3 N–H and O–H groups in total. The van der Waals surface area contributed by atoms with Crippen LogP contribution in [0.5, 0.6) is 0 Å². The van der Waals surface area contributed by atoms with Crippen LogP contribution in [-0.2, 0) is 0 Å². The van der Waals surface area contributed by atoms with E-state index in [2.05, 4.69) is 5.32 Å². The van der Waals surface area contributed by atoms with E-state index in [1.165, 1.54) is 0 Å². The van der Waals surface area contributed by atoms with Crippen LogP contribution in [0.25, 0.3) is 11.1 Å². The van der Waals surface area contributed by atoms with Gasteiger partial charge in [-0.1, -0.05) is 60.7 Å². The first-order valence-corrected chi connectivity index (χ1v) is 7.06. The molecule has 3 rings (SSSR count). The summed E-state index contributed by atoms with van der Waals surface area (Å²) in [5.41, 5.74) is 9.58. The number of nitrogen functional groups attached to an aromatic ring is 1.